The van der Waals surface area contributed by atoms with Crippen LogP contribution in [0.1, 0.15) is 18.2 Å². The smallest absolute Gasteiger partial charge is 0.161 e. The average molecular weight is 398 g/mol. The highest BCUT2D eigenvalue weighted by molar-refractivity contribution is 7.13. The number of hydrogen-bond acceptors (Lipinski definition) is 7. The summed E-state index contributed by atoms with van der Waals surface area (Å²) in [5.41, 5.74) is 2.69. The first kappa shape index (κ1) is 19.7. The van der Waals surface area contributed by atoms with Crippen LogP contribution in [0.25, 0.3) is 10.6 Å². The fraction of sp³-hybridized carbons (Fsp3) is 0.238. The van der Waals surface area contributed by atoms with Crippen molar-refractivity contribution in [2.45, 2.75) is 13.5 Å². The lowest BCUT2D eigenvalue weighted by molar-refractivity contribution is 0.130. The van der Waals surface area contributed by atoms with Gasteiger partial charge in [0.15, 0.2) is 18.1 Å². The van der Waals surface area contributed by atoms with Crippen LogP contribution in [0, 0.1) is 0 Å². The molecule has 0 atom stereocenters. The second kappa shape index (κ2) is 9.75. The molecule has 0 aliphatic rings. The number of aromatic nitrogens is 1. The quantitative estimate of drug-likeness (QED) is 0.384. The van der Waals surface area contributed by atoms with Gasteiger partial charge in [-0.05, 0) is 37.3 Å². The molecular weight excluding hydrogens is 376 g/mol. The Balaban J connectivity index is 1.59. The van der Waals surface area contributed by atoms with Crippen molar-refractivity contribution in [3.05, 3.63) is 59.1 Å². The maximum Gasteiger partial charge on any atom is 0.161 e. The average Bonchev–Trinajstić information content (AvgIpc) is 3.21. The number of rotatable bonds is 9. The summed E-state index contributed by atoms with van der Waals surface area (Å²) in [5.74, 6) is 2.17. The zero-order valence-electron chi connectivity index (χ0n) is 16.0. The van der Waals surface area contributed by atoms with E-state index in [4.69, 9.17) is 19.0 Å². The molecule has 7 heteroatoms. The SMILES string of the molecule is CCOc1ccc(/C=N/OCc2csc(-c3cccc(OC)c3)n2)cc1OC. The molecule has 0 fully saturated rings. The molecule has 0 saturated heterocycles. The third-order valence-electron chi connectivity index (χ3n) is 3.84. The molecule has 0 aliphatic carbocycles. The van der Waals surface area contributed by atoms with Gasteiger partial charge in [0, 0.05) is 16.5 Å². The zero-order chi connectivity index (χ0) is 19.8. The second-order valence-electron chi connectivity index (χ2n) is 5.73. The summed E-state index contributed by atoms with van der Waals surface area (Å²) in [6.07, 6.45) is 1.63. The molecule has 1 aromatic heterocycles. The van der Waals surface area contributed by atoms with Crippen LogP contribution in [0.15, 0.2) is 53.0 Å². The van der Waals surface area contributed by atoms with E-state index in [9.17, 15) is 0 Å². The van der Waals surface area contributed by atoms with E-state index in [0.29, 0.717) is 24.7 Å². The van der Waals surface area contributed by atoms with Gasteiger partial charge in [-0.1, -0.05) is 17.3 Å². The summed E-state index contributed by atoms with van der Waals surface area (Å²) in [6, 6.07) is 13.4. The Morgan fingerprint density at radius 2 is 1.96 bits per heavy atom. The third-order valence-corrected chi connectivity index (χ3v) is 4.78. The highest BCUT2D eigenvalue weighted by Gasteiger charge is 2.07. The third kappa shape index (κ3) is 5.01. The molecule has 0 bridgehead atoms. The summed E-state index contributed by atoms with van der Waals surface area (Å²) >= 11 is 1.56. The summed E-state index contributed by atoms with van der Waals surface area (Å²) in [4.78, 5) is 9.97. The van der Waals surface area contributed by atoms with Crippen LogP contribution in [0.3, 0.4) is 0 Å². The molecule has 146 valence electrons. The molecule has 0 aliphatic heterocycles. The Kier molecular flexibility index (Phi) is 6.86. The molecule has 0 unspecified atom stereocenters. The highest BCUT2D eigenvalue weighted by atomic mass is 32.1. The number of benzene rings is 2. The Labute approximate surface area is 168 Å². The molecule has 0 radical (unpaired) electrons. The fourth-order valence-electron chi connectivity index (χ4n) is 2.50. The van der Waals surface area contributed by atoms with Gasteiger partial charge < -0.3 is 19.0 Å². The van der Waals surface area contributed by atoms with Crippen LogP contribution in [0.4, 0.5) is 0 Å². The normalized spacial score (nSPS) is 10.8. The van der Waals surface area contributed by atoms with Crippen LogP contribution in [0.2, 0.25) is 0 Å². The molecule has 6 nitrogen and oxygen atoms in total. The van der Waals surface area contributed by atoms with Gasteiger partial charge in [-0.25, -0.2) is 4.98 Å². The van der Waals surface area contributed by atoms with E-state index in [1.807, 2.05) is 54.8 Å². The Morgan fingerprint density at radius 1 is 1.07 bits per heavy atom. The standard InChI is InChI=1S/C21H22N2O4S/c1-4-26-19-9-8-15(10-20(19)25-3)12-22-27-13-17-14-28-21(23-17)16-6-5-7-18(11-16)24-2/h5-12,14H,4,13H2,1-3H3/b22-12+. The van der Waals surface area contributed by atoms with E-state index in [0.717, 1.165) is 27.6 Å². The van der Waals surface area contributed by atoms with E-state index >= 15 is 0 Å². The number of hydrogen-bond donors (Lipinski definition) is 0. The topological polar surface area (TPSA) is 62.2 Å². The molecule has 0 amide bonds. The summed E-state index contributed by atoms with van der Waals surface area (Å²) < 4.78 is 16.1. The minimum atomic E-state index is 0.297. The zero-order valence-corrected chi connectivity index (χ0v) is 16.9. The van der Waals surface area contributed by atoms with Crippen molar-refractivity contribution in [1.29, 1.82) is 0 Å². The monoisotopic (exact) mass is 398 g/mol. The predicted molar refractivity (Wildman–Crippen MR) is 111 cm³/mol. The number of nitrogens with zero attached hydrogens (tertiary/aromatic N) is 2. The lowest BCUT2D eigenvalue weighted by Gasteiger charge is -2.09. The summed E-state index contributed by atoms with van der Waals surface area (Å²) in [5, 5.41) is 6.90. The van der Waals surface area contributed by atoms with E-state index in [-0.39, 0.29) is 0 Å². The van der Waals surface area contributed by atoms with Gasteiger partial charge in [-0.3, -0.25) is 0 Å². The first-order valence-electron chi connectivity index (χ1n) is 8.78. The minimum absolute atomic E-state index is 0.297. The number of oxime groups is 1. The van der Waals surface area contributed by atoms with E-state index in [2.05, 4.69) is 10.1 Å². The molecular formula is C21H22N2O4S. The molecule has 28 heavy (non-hydrogen) atoms. The maximum atomic E-state index is 5.50. The number of ether oxygens (including phenoxy) is 3. The van der Waals surface area contributed by atoms with E-state index in [1.54, 1.807) is 31.8 Å². The van der Waals surface area contributed by atoms with Gasteiger partial charge in [0.2, 0.25) is 0 Å². The summed E-state index contributed by atoms with van der Waals surface area (Å²) in [7, 11) is 3.26. The number of methoxy groups -OCH3 is 2. The van der Waals surface area contributed by atoms with Crippen molar-refractivity contribution in [3.8, 4) is 27.8 Å². The van der Waals surface area contributed by atoms with E-state index in [1.165, 1.54) is 0 Å². The first-order chi connectivity index (χ1) is 13.7. The largest absolute Gasteiger partial charge is 0.497 e. The van der Waals surface area contributed by atoms with Crippen LogP contribution in [-0.4, -0.2) is 32.0 Å². The Hall–Kier alpha value is -3.06. The highest BCUT2D eigenvalue weighted by Crippen LogP contribution is 2.28. The maximum absolute atomic E-state index is 5.50. The van der Waals surface area contributed by atoms with Crippen LogP contribution in [0.5, 0.6) is 17.2 Å². The van der Waals surface area contributed by atoms with Gasteiger partial charge in [0.1, 0.15) is 10.8 Å². The van der Waals surface area contributed by atoms with Crippen molar-refractivity contribution < 1.29 is 19.0 Å². The van der Waals surface area contributed by atoms with Crippen molar-refractivity contribution in [1.82, 2.24) is 4.98 Å². The molecule has 0 spiro atoms. The Morgan fingerprint density at radius 3 is 2.75 bits per heavy atom. The first-order valence-corrected chi connectivity index (χ1v) is 9.66. The molecule has 0 saturated carbocycles. The molecule has 0 N–H and O–H groups in total. The van der Waals surface area contributed by atoms with Crippen molar-refractivity contribution in [2.24, 2.45) is 5.16 Å². The van der Waals surface area contributed by atoms with Crippen molar-refractivity contribution in [3.63, 3.8) is 0 Å². The van der Waals surface area contributed by atoms with E-state index < -0.39 is 0 Å². The lowest BCUT2D eigenvalue weighted by Crippen LogP contribution is -1.96. The van der Waals surface area contributed by atoms with Crippen LogP contribution in [-0.2, 0) is 11.4 Å². The molecule has 2 aromatic carbocycles. The molecule has 3 rings (SSSR count). The lowest BCUT2D eigenvalue weighted by atomic mass is 10.2. The van der Waals surface area contributed by atoms with Gasteiger partial charge >= 0.3 is 0 Å². The van der Waals surface area contributed by atoms with Crippen LogP contribution >= 0.6 is 11.3 Å². The van der Waals surface area contributed by atoms with Gasteiger partial charge in [-0.15, -0.1) is 11.3 Å². The van der Waals surface area contributed by atoms with Crippen LogP contribution < -0.4 is 14.2 Å². The predicted octanol–water partition coefficient (Wildman–Crippen LogP) is 4.78. The van der Waals surface area contributed by atoms with Crippen molar-refractivity contribution >= 4 is 17.6 Å². The fourth-order valence-corrected chi connectivity index (χ4v) is 3.30. The van der Waals surface area contributed by atoms with Gasteiger partial charge in [-0.2, -0.15) is 0 Å². The molecule has 1 heterocycles. The van der Waals surface area contributed by atoms with Gasteiger partial charge in [0.05, 0.1) is 32.7 Å². The minimum Gasteiger partial charge on any atom is -0.497 e. The summed E-state index contributed by atoms with van der Waals surface area (Å²) in [6.45, 7) is 2.81. The van der Waals surface area contributed by atoms with Gasteiger partial charge in [0.25, 0.3) is 0 Å². The van der Waals surface area contributed by atoms with Crippen molar-refractivity contribution in [2.75, 3.05) is 20.8 Å². The number of thiazole rings is 1. The second-order valence-corrected chi connectivity index (χ2v) is 6.59. The molecule has 3 aromatic rings. The Bertz CT molecular complexity index is 940.